The summed E-state index contributed by atoms with van der Waals surface area (Å²) in [5, 5.41) is 0. The number of hydrogen-bond donors (Lipinski definition) is 0. The van der Waals surface area contributed by atoms with Crippen molar-refractivity contribution in [1.29, 1.82) is 0 Å². The standard InChI is InChI=1S/C9H9OSi/c1-2-5-8-6-3-4-7-9(8)10-11/h2-4,6-7H,1,5H2. The first-order valence-electron chi connectivity index (χ1n) is 3.41. The molecule has 0 atom stereocenters. The fourth-order valence-electron chi connectivity index (χ4n) is 0.928. The minimum absolute atomic E-state index is 0.834. The van der Waals surface area contributed by atoms with Crippen LogP contribution in [0.15, 0.2) is 36.9 Å². The molecular formula is C9H9OSi. The maximum atomic E-state index is 4.96. The van der Waals surface area contributed by atoms with Gasteiger partial charge in [0.1, 0.15) is 5.75 Å². The zero-order valence-electron chi connectivity index (χ0n) is 6.21. The molecule has 0 unspecified atom stereocenters. The average molecular weight is 161 g/mol. The third kappa shape index (κ3) is 1.95. The van der Waals surface area contributed by atoms with Crippen molar-refractivity contribution in [1.82, 2.24) is 0 Å². The normalized spacial score (nSPS) is 9.18. The Morgan fingerprint density at radius 1 is 1.45 bits per heavy atom. The van der Waals surface area contributed by atoms with Gasteiger partial charge in [-0.05, 0) is 18.1 Å². The Morgan fingerprint density at radius 2 is 2.18 bits per heavy atom. The van der Waals surface area contributed by atoms with Crippen LogP contribution in [-0.4, -0.2) is 10.5 Å². The zero-order chi connectivity index (χ0) is 8.10. The number of benzene rings is 1. The van der Waals surface area contributed by atoms with Crippen molar-refractivity contribution in [2.24, 2.45) is 0 Å². The van der Waals surface area contributed by atoms with E-state index >= 15 is 0 Å². The first-order valence-corrected chi connectivity index (χ1v) is 3.81. The number of allylic oxidation sites excluding steroid dienone is 1. The third-order valence-electron chi connectivity index (χ3n) is 1.45. The van der Waals surface area contributed by atoms with Gasteiger partial charge in [-0.1, -0.05) is 24.3 Å². The van der Waals surface area contributed by atoms with E-state index < -0.39 is 0 Å². The Hall–Kier alpha value is -1.02. The van der Waals surface area contributed by atoms with Crippen LogP contribution in [0.25, 0.3) is 0 Å². The van der Waals surface area contributed by atoms with Crippen LogP contribution in [0.5, 0.6) is 5.75 Å². The topological polar surface area (TPSA) is 9.23 Å². The monoisotopic (exact) mass is 161 g/mol. The van der Waals surface area contributed by atoms with Gasteiger partial charge in [-0.3, -0.25) is 0 Å². The Kier molecular flexibility index (Phi) is 2.92. The lowest BCUT2D eigenvalue weighted by Crippen LogP contribution is -1.90. The molecule has 0 aliphatic carbocycles. The predicted molar refractivity (Wildman–Crippen MR) is 46.7 cm³/mol. The second-order valence-electron chi connectivity index (χ2n) is 2.20. The van der Waals surface area contributed by atoms with Gasteiger partial charge in [0, 0.05) is 0 Å². The van der Waals surface area contributed by atoms with Gasteiger partial charge in [0.05, 0.1) is 0 Å². The molecule has 2 heteroatoms. The zero-order valence-corrected chi connectivity index (χ0v) is 7.21. The summed E-state index contributed by atoms with van der Waals surface area (Å²) >= 11 is 0. The lowest BCUT2D eigenvalue weighted by Gasteiger charge is -2.04. The molecule has 11 heavy (non-hydrogen) atoms. The van der Waals surface area contributed by atoms with E-state index in [1.165, 1.54) is 0 Å². The molecule has 0 aromatic heterocycles. The van der Waals surface area contributed by atoms with Gasteiger partial charge in [0.25, 0.3) is 0 Å². The molecular weight excluding hydrogens is 152 g/mol. The van der Waals surface area contributed by atoms with Gasteiger partial charge in [-0.2, -0.15) is 0 Å². The van der Waals surface area contributed by atoms with E-state index in [9.17, 15) is 0 Å². The van der Waals surface area contributed by atoms with Crippen LogP contribution >= 0.6 is 0 Å². The van der Waals surface area contributed by atoms with Gasteiger partial charge in [-0.25, -0.2) is 0 Å². The van der Waals surface area contributed by atoms with Crippen LogP contribution in [-0.2, 0) is 6.42 Å². The molecule has 0 bridgehead atoms. The van der Waals surface area contributed by atoms with Crippen molar-refractivity contribution >= 4 is 10.5 Å². The van der Waals surface area contributed by atoms with Crippen LogP contribution in [0.4, 0.5) is 0 Å². The van der Waals surface area contributed by atoms with Crippen molar-refractivity contribution in [3.8, 4) is 5.75 Å². The van der Waals surface area contributed by atoms with E-state index in [2.05, 4.69) is 17.1 Å². The summed E-state index contributed by atoms with van der Waals surface area (Å²) in [5.74, 6) is 0.851. The first kappa shape index (κ1) is 8.08. The Balaban J connectivity index is 2.92. The van der Waals surface area contributed by atoms with E-state index in [4.69, 9.17) is 4.43 Å². The van der Waals surface area contributed by atoms with Gasteiger partial charge < -0.3 is 4.43 Å². The summed E-state index contributed by atoms with van der Waals surface area (Å²) in [7, 11) is 2.99. The summed E-state index contributed by atoms with van der Waals surface area (Å²) in [6.07, 6.45) is 2.69. The summed E-state index contributed by atoms with van der Waals surface area (Å²) < 4.78 is 4.96. The molecule has 0 amide bonds. The highest BCUT2D eigenvalue weighted by atomic mass is 28.2. The summed E-state index contributed by atoms with van der Waals surface area (Å²) in [5.41, 5.74) is 1.14. The quantitative estimate of drug-likeness (QED) is 0.486. The predicted octanol–water partition coefficient (Wildman–Crippen LogP) is 1.88. The summed E-state index contributed by atoms with van der Waals surface area (Å²) in [6.45, 7) is 3.66. The van der Waals surface area contributed by atoms with Crippen LogP contribution < -0.4 is 4.43 Å². The van der Waals surface area contributed by atoms with E-state index in [1.54, 1.807) is 0 Å². The number of rotatable bonds is 3. The molecule has 0 heterocycles. The van der Waals surface area contributed by atoms with Crippen LogP contribution in [0.1, 0.15) is 5.56 Å². The lowest BCUT2D eigenvalue weighted by atomic mass is 10.1. The molecule has 0 spiro atoms. The Labute approximate surface area is 70.2 Å². The fourth-order valence-corrected chi connectivity index (χ4v) is 1.13. The lowest BCUT2D eigenvalue weighted by molar-refractivity contribution is 0.608. The Morgan fingerprint density at radius 3 is 2.82 bits per heavy atom. The van der Waals surface area contributed by atoms with Crippen molar-refractivity contribution in [3.05, 3.63) is 42.5 Å². The largest absolute Gasteiger partial charge is 0.540 e. The van der Waals surface area contributed by atoms with E-state index in [-0.39, 0.29) is 0 Å². The molecule has 1 aromatic carbocycles. The molecule has 55 valence electrons. The van der Waals surface area contributed by atoms with E-state index in [1.807, 2.05) is 30.3 Å². The van der Waals surface area contributed by atoms with E-state index in [0.29, 0.717) is 0 Å². The SMILES string of the molecule is C=CCc1ccccc1O[Si]. The van der Waals surface area contributed by atoms with Gasteiger partial charge >= 0.3 is 10.5 Å². The van der Waals surface area contributed by atoms with Crippen molar-refractivity contribution in [3.63, 3.8) is 0 Å². The van der Waals surface area contributed by atoms with Crippen molar-refractivity contribution in [2.45, 2.75) is 6.42 Å². The number of hydrogen-bond acceptors (Lipinski definition) is 1. The summed E-state index contributed by atoms with van der Waals surface area (Å²) in [4.78, 5) is 0. The molecule has 0 aliphatic heterocycles. The molecule has 1 rings (SSSR count). The minimum Gasteiger partial charge on any atom is -0.540 e. The number of para-hydroxylation sites is 1. The maximum Gasteiger partial charge on any atom is 0.341 e. The highest BCUT2D eigenvalue weighted by Gasteiger charge is 1.96. The smallest absolute Gasteiger partial charge is 0.341 e. The molecule has 3 radical (unpaired) electrons. The summed E-state index contributed by atoms with van der Waals surface area (Å²) in [6, 6.07) is 7.83. The van der Waals surface area contributed by atoms with E-state index in [0.717, 1.165) is 17.7 Å². The highest BCUT2D eigenvalue weighted by molar-refractivity contribution is 6.00. The second kappa shape index (κ2) is 3.98. The highest BCUT2D eigenvalue weighted by Crippen LogP contribution is 2.17. The Bertz CT molecular complexity index is 245. The molecule has 1 aromatic rings. The second-order valence-corrected chi connectivity index (χ2v) is 2.41. The van der Waals surface area contributed by atoms with Crippen LogP contribution in [0, 0.1) is 0 Å². The van der Waals surface area contributed by atoms with Crippen LogP contribution in [0.2, 0.25) is 0 Å². The maximum absolute atomic E-state index is 4.96. The molecule has 1 nitrogen and oxygen atoms in total. The third-order valence-corrected chi connectivity index (χ3v) is 1.67. The molecule has 0 saturated carbocycles. The molecule has 0 aliphatic rings. The average Bonchev–Trinajstić information content (AvgIpc) is 2.06. The van der Waals surface area contributed by atoms with Crippen molar-refractivity contribution < 1.29 is 4.43 Å². The molecule has 0 saturated heterocycles. The van der Waals surface area contributed by atoms with Gasteiger partial charge in [0.15, 0.2) is 0 Å². The van der Waals surface area contributed by atoms with Gasteiger partial charge in [-0.15, -0.1) is 6.58 Å². The van der Waals surface area contributed by atoms with Crippen LogP contribution in [0.3, 0.4) is 0 Å². The molecule has 0 fully saturated rings. The first-order chi connectivity index (χ1) is 5.38. The van der Waals surface area contributed by atoms with Gasteiger partial charge in [0.2, 0.25) is 0 Å². The fraction of sp³-hybridized carbons (Fsp3) is 0.111. The van der Waals surface area contributed by atoms with Crippen molar-refractivity contribution in [2.75, 3.05) is 0 Å². The minimum atomic E-state index is 0.834. The molecule has 0 N–H and O–H groups in total.